The molecule has 0 saturated carbocycles. The Labute approximate surface area is 167 Å². The summed E-state index contributed by atoms with van der Waals surface area (Å²) in [6.45, 7) is 0.101. The second-order valence-corrected chi connectivity index (χ2v) is 6.39. The Morgan fingerprint density at radius 3 is 2.31 bits per heavy atom. The molecule has 1 aliphatic rings. The predicted octanol–water partition coefficient (Wildman–Crippen LogP) is 2.86. The van der Waals surface area contributed by atoms with Gasteiger partial charge < -0.3 is 29.2 Å². The largest absolute Gasteiger partial charge is 0.507 e. The number of hydrogen-bond acceptors (Lipinski definition) is 7. The highest BCUT2D eigenvalue weighted by atomic mass is 16.7. The lowest BCUT2D eigenvalue weighted by Gasteiger charge is -2.19. The van der Waals surface area contributed by atoms with Crippen molar-refractivity contribution < 1.29 is 34.1 Å². The third-order valence-corrected chi connectivity index (χ3v) is 4.68. The molecule has 3 aromatic rings. The fraction of sp³-hybridized carbons (Fsp3) is 0.190. The minimum absolute atomic E-state index is 0.0358. The monoisotopic (exact) mass is 397 g/mol. The number of hydrogen-bond donors (Lipinski definition) is 3. The SMILES string of the molecule is COc1cc([C@@H](Nc2cccc[nH+]2)c2cc3c(cc2O)OCO3)cc(OC)c1O. The molecule has 4 rings (SSSR count). The molecular weight excluding hydrogens is 376 g/mol. The zero-order chi connectivity index (χ0) is 20.4. The summed E-state index contributed by atoms with van der Waals surface area (Å²) >= 11 is 0. The molecule has 1 atom stereocenters. The van der Waals surface area contributed by atoms with Gasteiger partial charge in [-0.3, -0.25) is 5.32 Å². The number of anilines is 1. The van der Waals surface area contributed by atoms with Crippen LogP contribution in [0, 0.1) is 0 Å². The number of H-pyrrole nitrogens is 1. The number of phenolic OH excluding ortho intramolecular Hbond substituents is 2. The molecule has 0 unspecified atom stereocenters. The highest BCUT2D eigenvalue weighted by Crippen LogP contribution is 2.45. The van der Waals surface area contributed by atoms with E-state index in [2.05, 4.69) is 10.3 Å². The number of phenols is 2. The Morgan fingerprint density at radius 2 is 1.69 bits per heavy atom. The number of aromatic hydroxyl groups is 2. The van der Waals surface area contributed by atoms with E-state index in [1.165, 1.54) is 20.3 Å². The standard InChI is InChI=1S/C21H20N2O6/c1-26-17-7-12(8-18(27-2)21(17)25)20(23-19-5-3-4-6-22-19)13-9-15-16(10-14(13)24)29-11-28-15/h3-10,20,24-25H,11H2,1-2H3,(H,22,23)/p+1/t20-/m1/s1. The van der Waals surface area contributed by atoms with Crippen LogP contribution in [0.5, 0.6) is 34.5 Å². The van der Waals surface area contributed by atoms with Crippen molar-refractivity contribution in [1.82, 2.24) is 0 Å². The van der Waals surface area contributed by atoms with Gasteiger partial charge in [0.2, 0.25) is 12.5 Å². The first kappa shape index (κ1) is 18.5. The maximum absolute atomic E-state index is 10.7. The van der Waals surface area contributed by atoms with E-state index in [0.29, 0.717) is 22.6 Å². The molecule has 0 saturated heterocycles. The van der Waals surface area contributed by atoms with Gasteiger partial charge in [-0.15, -0.1) is 0 Å². The Morgan fingerprint density at radius 1 is 1.00 bits per heavy atom. The van der Waals surface area contributed by atoms with Gasteiger partial charge in [0.05, 0.1) is 20.4 Å². The molecule has 0 bridgehead atoms. The molecule has 1 aromatic heterocycles. The van der Waals surface area contributed by atoms with Crippen LogP contribution in [0.15, 0.2) is 48.7 Å². The van der Waals surface area contributed by atoms with Crippen LogP contribution >= 0.6 is 0 Å². The van der Waals surface area contributed by atoms with Crippen LogP contribution in [-0.4, -0.2) is 31.2 Å². The van der Waals surface area contributed by atoms with Gasteiger partial charge in [0.25, 0.3) is 5.82 Å². The van der Waals surface area contributed by atoms with Crippen molar-refractivity contribution in [3.63, 3.8) is 0 Å². The molecule has 29 heavy (non-hydrogen) atoms. The molecular formula is C21H21N2O6+. The van der Waals surface area contributed by atoms with Crippen LogP contribution in [0.2, 0.25) is 0 Å². The predicted molar refractivity (Wildman–Crippen MR) is 104 cm³/mol. The van der Waals surface area contributed by atoms with Gasteiger partial charge in [0.1, 0.15) is 11.8 Å². The summed E-state index contributed by atoms with van der Waals surface area (Å²) in [5, 5.41) is 24.3. The van der Waals surface area contributed by atoms with E-state index in [0.717, 1.165) is 5.82 Å². The molecule has 0 fully saturated rings. The molecule has 2 aromatic carbocycles. The Bertz CT molecular complexity index is 1000. The van der Waals surface area contributed by atoms with Crippen molar-refractivity contribution in [2.75, 3.05) is 26.3 Å². The molecule has 0 amide bonds. The third kappa shape index (κ3) is 3.52. The maximum Gasteiger partial charge on any atom is 0.272 e. The molecule has 0 aliphatic carbocycles. The Balaban J connectivity index is 1.86. The van der Waals surface area contributed by atoms with Crippen molar-refractivity contribution >= 4 is 5.82 Å². The van der Waals surface area contributed by atoms with Crippen LogP contribution in [0.1, 0.15) is 17.2 Å². The number of fused-ring (bicyclic) bond motifs is 1. The van der Waals surface area contributed by atoms with E-state index in [-0.39, 0.29) is 29.8 Å². The highest BCUT2D eigenvalue weighted by Gasteiger charge is 2.28. The first-order valence-electron chi connectivity index (χ1n) is 8.91. The van der Waals surface area contributed by atoms with Crippen molar-refractivity contribution in [3.8, 4) is 34.5 Å². The Hall–Kier alpha value is -3.81. The number of aromatic amines is 1. The highest BCUT2D eigenvalue weighted by molar-refractivity contribution is 5.60. The smallest absolute Gasteiger partial charge is 0.272 e. The van der Waals surface area contributed by atoms with Gasteiger partial charge in [0, 0.05) is 23.3 Å². The lowest BCUT2D eigenvalue weighted by atomic mass is 9.96. The summed E-state index contributed by atoms with van der Waals surface area (Å²) in [6, 6.07) is 11.7. The van der Waals surface area contributed by atoms with Gasteiger partial charge in [-0.1, -0.05) is 6.07 Å². The van der Waals surface area contributed by atoms with E-state index in [1.54, 1.807) is 24.4 Å². The number of pyridine rings is 1. The molecule has 2 heterocycles. The first-order chi connectivity index (χ1) is 14.1. The van der Waals surface area contributed by atoms with Crippen molar-refractivity contribution in [2.45, 2.75) is 6.04 Å². The second kappa shape index (κ2) is 7.67. The zero-order valence-electron chi connectivity index (χ0n) is 15.9. The van der Waals surface area contributed by atoms with Crippen LogP contribution in [0.4, 0.5) is 5.82 Å². The van der Waals surface area contributed by atoms with E-state index in [1.807, 2.05) is 18.2 Å². The van der Waals surface area contributed by atoms with E-state index >= 15 is 0 Å². The summed E-state index contributed by atoms with van der Waals surface area (Å²) in [7, 11) is 2.92. The lowest BCUT2D eigenvalue weighted by molar-refractivity contribution is -0.361. The van der Waals surface area contributed by atoms with Crippen molar-refractivity contribution in [3.05, 3.63) is 59.8 Å². The molecule has 1 aliphatic heterocycles. The zero-order valence-corrected chi connectivity index (χ0v) is 15.9. The number of methoxy groups -OCH3 is 2. The topological polar surface area (TPSA) is 104 Å². The number of nitrogens with one attached hydrogen (secondary N) is 2. The van der Waals surface area contributed by atoms with Crippen molar-refractivity contribution in [2.24, 2.45) is 0 Å². The van der Waals surface area contributed by atoms with Gasteiger partial charge in [-0.25, -0.2) is 4.98 Å². The lowest BCUT2D eigenvalue weighted by Crippen LogP contribution is -2.19. The van der Waals surface area contributed by atoms with E-state index in [4.69, 9.17) is 18.9 Å². The minimum atomic E-state index is -0.522. The summed E-state index contributed by atoms with van der Waals surface area (Å²) in [5.74, 6) is 2.19. The summed E-state index contributed by atoms with van der Waals surface area (Å²) in [5.41, 5.74) is 1.25. The van der Waals surface area contributed by atoms with Crippen LogP contribution in [0.3, 0.4) is 0 Å². The summed E-state index contributed by atoms with van der Waals surface area (Å²) in [4.78, 5) is 3.12. The van der Waals surface area contributed by atoms with Crippen molar-refractivity contribution in [1.29, 1.82) is 0 Å². The molecule has 0 radical (unpaired) electrons. The van der Waals surface area contributed by atoms with E-state index in [9.17, 15) is 10.2 Å². The maximum atomic E-state index is 10.7. The van der Waals surface area contributed by atoms with Gasteiger partial charge in [0.15, 0.2) is 23.0 Å². The molecule has 8 nitrogen and oxygen atoms in total. The third-order valence-electron chi connectivity index (χ3n) is 4.68. The normalized spacial score (nSPS) is 13.0. The summed E-state index contributed by atoms with van der Waals surface area (Å²) < 4.78 is 21.4. The fourth-order valence-electron chi connectivity index (χ4n) is 3.24. The fourth-order valence-corrected chi connectivity index (χ4v) is 3.24. The number of rotatable bonds is 6. The molecule has 0 spiro atoms. The molecule has 150 valence electrons. The van der Waals surface area contributed by atoms with Gasteiger partial charge in [-0.2, -0.15) is 0 Å². The average Bonchev–Trinajstić information content (AvgIpc) is 3.20. The van der Waals surface area contributed by atoms with Crippen LogP contribution in [0.25, 0.3) is 0 Å². The van der Waals surface area contributed by atoms with E-state index < -0.39 is 6.04 Å². The number of aromatic nitrogens is 1. The summed E-state index contributed by atoms with van der Waals surface area (Å²) in [6.07, 6.45) is 1.79. The molecule has 8 heteroatoms. The van der Waals surface area contributed by atoms with Crippen LogP contribution < -0.4 is 29.2 Å². The van der Waals surface area contributed by atoms with Gasteiger partial charge >= 0.3 is 0 Å². The molecule has 4 N–H and O–H groups in total. The van der Waals surface area contributed by atoms with Crippen LogP contribution in [-0.2, 0) is 0 Å². The minimum Gasteiger partial charge on any atom is -0.507 e. The second-order valence-electron chi connectivity index (χ2n) is 6.39. The number of benzene rings is 2. The van der Waals surface area contributed by atoms with Gasteiger partial charge in [-0.05, 0) is 24.3 Å². The quantitative estimate of drug-likeness (QED) is 0.588. The Kier molecular flexibility index (Phi) is 4.90. The number of ether oxygens (including phenoxy) is 4. The first-order valence-corrected chi connectivity index (χ1v) is 8.91. The average molecular weight is 397 g/mol.